The van der Waals surface area contributed by atoms with E-state index in [2.05, 4.69) is 0 Å². The van der Waals surface area contributed by atoms with Gasteiger partial charge in [0, 0.05) is 12.0 Å². The van der Waals surface area contributed by atoms with Crippen molar-refractivity contribution in [1.82, 2.24) is 0 Å². The quantitative estimate of drug-likeness (QED) is 0.585. The van der Waals surface area contributed by atoms with Crippen LogP contribution in [0.25, 0.3) is 0 Å². The van der Waals surface area contributed by atoms with Crippen molar-refractivity contribution in [3.8, 4) is 0 Å². The van der Waals surface area contributed by atoms with Gasteiger partial charge in [-0.15, -0.1) is 0 Å². The summed E-state index contributed by atoms with van der Waals surface area (Å²) in [5.41, 5.74) is 5.10. The van der Waals surface area contributed by atoms with Crippen LogP contribution in [0, 0.1) is 0 Å². The van der Waals surface area contributed by atoms with E-state index in [0.717, 1.165) is 0 Å². The molecule has 0 unspecified atom stereocenters. The van der Waals surface area contributed by atoms with Crippen molar-refractivity contribution in [2.75, 3.05) is 6.51 Å². The molecule has 0 aliphatic carbocycles. The van der Waals surface area contributed by atoms with Gasteiger partial charge in [-0.2, -0.15) is 0 Å². The van der Waals surface area contributed by atoms with E-state index in [9.17, 15) is 0 Å². The van der Waals surface area contributed by atoms with Gasteiger partial charge in [0.2, 0.25) is 0 Å². The summed E-state index contributed by atoms with van der Waals surface area (Å²) in [6.45, 7) is 7.92. The summed E-state index contributed by atoms with van der Waals surface area (Å²) in [6.07, 6.45) is 0. The summed E-state index contributed by atoms with van der Waals surface area (Å²) in [4.78, 5) is 0. The zero-order valence-electron chi connectivity index (χ0n) is 7.27. The molecular formula is C7H16BNO. The van der Waals surface area contributed by atoms with Crippen LogP contribution in [0.3, 0.4) is 0 Å². The number of hydrogen-bond donors (Lipinski definition) is 1. The Labute approximate surface area is 64.5 Å². The molecule has 0 bridgehead atoms. The molecule has 0 heterocycles. The van der Waals surface area contributed by atoms with Crippen molar-refractivity contribution in [2.24, 2.45) is 5.73 Å². The van der Waals surface area contributed by atoms with E-state index in [1.54, 1.807) is 0 Å². The Morgan fingerprint density at radius 1 is 1.30 bits per heavy atom. The molecule has 0 aliphatic rings. The molecule has 2 N–H and O–H groups in total. The lowest BCUT2D eigenvalue weighted by atomic mass is 9.86. The molecule has 0 fully saturated rings. The minimum atomic E-state index is -0.359. The first-order valence-electron chi connectivity index (χ1n) is 3.44. The minimum absolute atomic E-state index is 0.216. The Kier molecular flexibility index (Phi) is 2.92. The molecule has 0 rings (SSSR count). The molecule has 0 aliphatic heterocycles. The van der Waals surface area contributed by atoms with Gasteiger partial charge in [0.25, 0.3) is 0 Å². The molecule has 0 aromatic carbocycles. The zero-order valence-corrected chi connectivity index (χ0v) is 7.27. The highest BCUT2D eigenvalue weighted by molar-refractivity contribution is 6.08. The van der Waals surface area contributed by atoms with E-state index in [4.69, 9.17) is 18.3 Å². The van der Waals surface area contributed by atoms with Gasteiger partial charge in [0.15, 0.2) is 0 Å². The Balaban J connectivity index is 4.10. The standard InChI is InChI=1S/C7H16BNO/c1-6(2,9)7(3,4)10-5-8/h5,9H2,1-4H3. The predicted octanol–water partition coefficient (Wildman–Crippen LogP) is 0.645. The number of hydrogen-bond acceptors (Lipinski definition) is 2. The second-order valence-electron chi connectivity index (χ2n) is 3.54. The molecule has 0 aromatic heterocycles. The van der Waals surface area contributed by atoms with Gasteiger partial charge in [0.1, 0.15) is 7.85 Å². The third kappa shape index (κ3) is 2.31. The normalized spacial score (nSPS) is 13.7. The van der Waals surface area contributed by atoms with Crippen molar-refractivity contribution in [3.05, 3.63) is 0 Å². The zero-order chi connectivity index (χ0) is 8.41. The maximum Gasteiger partial charge on any atom is 0.104 e. The van der Waals surface area contributed by atoms with Gasteiger partial charge in [-0.1, -0.05) is 0 Å². The van der Waals surface area contributed by atoms with E-state index in [1.165, 1.54) is 0 Å². The summed E-state index contributed by atoms with van der Waals surface area (Å²) >= 11 is 0. The summed E-state index contributed by atoms with van der Waals surface area (Å²) in [5.74, 6) is 0. The smallest absolute Gasteiger partial charge is 0.104 e. The van der Waals surface area contributed by atoms with Gasteiger partial charge in [-0.25, -0.2) is 0 Å². The fourth-order valence-corrected chi connectivity index (χ4v) is 0.394. The first-order valence-corrected chi connectivity index (χ1v) is 3.44. The molecule has 2 radical (unpaired) electrons. The SMILES string of the molecule is [B]COC(C)(C)C(C)(C)N. The van der Waals surface area contributed by atoms with Gasteiger partial charge in [0.05, 0.1) is 5.60 Å². The second-order valence-corrected chi connectivity index (χ2v) is 3.54. The van der Waals surface area contributed by atoms with Crippen LogP contribution in [-0.4, -0.2) is 25.5 Å². The van der Waals surface area contributed by atoms with Crippen LogP contribution >= 0.6 is 0 Å². The molecule has 10 heavy (non-hydrogen) atoms. The molecule has 0 atom stereocenters. The van der Waals surface area contributed by atoms with Crippen LogP contribution in [0.5, 0.6) is 0 Å². The summed E-state index contributed by atoms with van der Waals surface area (Å²) in [6, 6.07) is 0. The largest absolute Gasteiger partial charge is 0.383 e. The first-order chi connectivity index (χ1) is 4.31. The Morgan fingerprint density at radius 2 is 1.70 bits per heavy atom. The minimum Gasteiger partial charge on any atom is -0.383 e. The van der Waals surface area contributed by atoms with Gasteiger partial charge in [-0.05, 0) is 27.7 Å². The van der Waals surface area contributed by atoms with E-state index < -0.39 is 0 Å². The van der Waals surface area contributed by atoms with Crippen LogP contribution in [0.4, 0.5) is 0 Å². The van der Waals surface area contributed by atoms with E-state index in [1.807, 2.05) is 27.7 Å². The predicted molar refractivity (Wildman–Crippen MR) is 44.1 cm³/mol. The molecule has 0 saturated heterocycles. The molecule has 0 amide bonds. The van der Waals surface area contributed by atoms with E-state index in [-0.39, 0.29) is 17.6 Å². The van der Waals surface area contributed by atoms with Crippen molar-refractivity contribution >= 4 is 7.85 Å². The molecule has 0 saturated carbocycles. The van der Waals surface area contributed by atoms with Crippen molar-refractivity contribution in [1.29, 1.82) is 0 Å². The van der Waals surface area contributed by atoms with Crippen LogP contribution in [0.1, 0.15) is 27.7 Å². The van der Waals surface area contributed by atoms with Crippen molar-refractivity contribution in [3.63, 3.8) is 0 Å². The second kappa shape index (κ2) is 2.93. The highest BCUT2D eigenvalue weighted by Gasteiger charge is 2.33. The summed E-state index contributed by atoms with van der Waals surface area (Å²) in [7, 11) is 5.23. The van der Waals surface area contributed by atoms with Crippen molar-refractivity contribution < 1.29 is 4.74 Å². The molecule has 58 valence electrons. The third-order valence-electron chi connectivity index (χ3n) is 2.00. The lowest BCUT2D eigenvalue weighted by molar-refractivity contribution is -0.0404. The first kappa shape index (κ1) is 9.98. The fourth-order valence-electron chi connectivity index (χ4n) is 0.394. The maximum atomic E-state index is 5.82. The molecule has 0 aromatic rings. The molecular weight excluding hydrogens is 125 g/mol. The van der Waals surface area contributed by atoms with Gasteiger partial charge < -0.3 is 10.5 Å². The summed E-state index contributed by atoms with van der Waals surface area (Å²) < 4.78 is 5.25. The van der Waals surface area contributed by atoms with Gasteiger partial charge in [-0.3, -0.25) is 0 Å². The lowest BCUT2D eigenvalue weighted by Gasteiger charge is -2.38. The topological polar surface area (TPSA) is 35.2 Å². The van der Waals surface area contributed by atoms with Crippen molar-refractivity contribution in [2.45, 2.75) is 38.8 Å². The average Bonchev–Trinajstić information content (AvgIpc) is 1.61. The Hall–Kier alpha value is -0.0151. The highest BCUT2D eigenvalue weighted by atomic mass is 16.5. The molecule has 3 heteroatoms. The fraction of sp³-hybridized carbons (Fsp3) is 1.00. The molecule has 0 spiro atoms. The lowest BCUT2D eigenvalue weighted by Crippen LogP contribution is -2.54. The van der Waals surface area contributed by atoms with Crippen LogP contribution < -0.4 is 5.73 Å². The monoisotopic (exact) mass is 141 g/mol. The van der Waals surface area contributed by atoms with E-state index in [0.29, 0.717) is 0 Å². The number of nitrogens with two attached hydrogens (primary N) is 1. The molecule has 2 nitrogen and oxygen atoms in total. The average molecular weight is 141 g/mol. The highest BCUT2D eigenvalue weighted by Crippen LogP contribution is 2.21. The van der Waals surface area contributed by atoms with Crippen LogP contribution in [0.2, 0.25) is 0 Å². The Bertz CT molecular complexity index is 107. The van der Waals surface area contributed by atoms with Gasteiger partial charge >= 0.3 is 0 Å². The number of ether oxygens (including phenoxy) is 1. The van der Waals surface area contributed by atoms with E-state index >= 15 is 0 Å². The number of rotatable bonds is 3. The Morgan fingerprint density at radius 3 is 1.80 bits per heavy atom. The van der Waals surface area contributed by atoms with Crippen LogP contribution in [-0.2, 0) is 4.74 Å². The maximum absolute atomic E-state index is 5.82. The summed E-state index contributed by atoms with van der Waals surface area (Å²) in [5, 5.41) is 0. The van der Waals surface area contributed by atoms with Crippen LogP contribution in [0.15, 0.2) is 0 Å². The third-order valence-corrected chi connectivity index (χ3v) is 2.00.